The Kier molecular flexibility index (Phi) is 7.87. The van der Waals surface area contributed by atoms with E-state index in [0.717, 1.165) is 45.4 Å². The van der Waals surface area contributed by atoms with Gasteiger partial charge in [-0.1, -0.05) is 101 Å². The highest BCUT2D eigenvalue weighted by Gasteiger charge is 2.33. The lowest BCUT2D eigenvalue weighted by Crippen LogP contribution is -2.21. The smallest absolute Gasteiger partial charge is 0.0887 e. The zero-order valence-electron chi connectivity index (χ0n) is 32.6. The fraction of sp³-hybridized carbons (Fsp3) is 0.224. The largest absolute Gasteiger partial charge is 0.307 e. The number of para-hydroxylation sites is 2. The Hall–Kier alpha value is -5.03. The van der Waals surface area contributed by atoms with Gasteiger partial charge in [-0.25, -0.2) is 0 Å². The van der Waals surface area contributed by atoms with E-state index in [0.29, 0.717) is 5.02 Å². The number of rotatable bonds is 4. The third-order valence-electron chi connectivity index (χ3n) is 11.1. The van der Waals surface area contributed by atoms with E-state index in [2.05, 4.69) is 191 Å². The van der Waals surface area contributed by atoms with E-state index >= 15 is 0 Å². The first kappa shape index (κ1) is 34.7. The summed E-state index contributed by atoms with van der Waals surface area (Å²) >= 11 is 9.69. The number of nitrogens with zero attached hydrogens (tertiary/aromatic N) is 3. The molecule has 0 spiro atoms. The Bertz CT molecular complexity index is 2790. The standard InChI is InChI=1S/C49H46ClN3S/c1-29-14-18-34(19-15-29)51(44-28-54-45-21-16-30(2)22-37(44)45)41-23-31(3)24-42(46(41)50)52-39-12-10-11-13-40(39)53-38-20-17-32(48(4,5)6)25-35(38)36-26-33(49(7,8)9)27-43(52)47(36)53/h10-28H,1-9H3. The third kappa shape index (κ3) is 5.45. The van der Waals surface area contributed by atoms with Gasteiger partial charge >= 0.3 is 0 Å². The molecule has 0 saturated heterocycles. The highest BCUT2D eigenvalue weighted by Crippen LogP contribution is 2.55. The third-order valence-corrected chi connectivity index (χ3v) is 12.4. The molecule has 0 aliphatic carbocycles. The molecular formula is C49H46ClN3S. The number of halogens is 1. The van der Waals surface area contributed by atoms with Crippen LogP contribution in [0.1, 0.15) is 69.4 Å². The molecule has 0 atom stereocenters. The van der Waals surface area contributed by atoms with Crippen molar-refractivity contribution in [3.8, 4) is 5.69 Å². The van der Waals surface area contributed by atoms with Gasteiger partial charge in [0.1, 0.15) is 0 Å². The zero-order chi connectivity index (χ0) is 37.8. The summed E-state index contributed by atoms with van der Waals surface area (Å²) in [6.07, 6.45) is 0. The van der Waals surface area contributed by atoms with Gasteiger partial charge in [0.25, 0.3) is 0 Å². The van der Waals surface area contributed by atoms with Crippen LogP contribution in [-0.4, -0.2) is 4.57 Å². The van der Waals surface area contributed by atoms with Crippen LogP contribution in [0.5, 0.6) is 0 Å². The number of thiophene rings is 1. The second-order valence-electron chi connectivity index (χ2n) is 17.2. The number of hydrogen-bond acceptors (Lipinski definition) is 3. The SMILES string of the molecule is Cc1ccc(N(c2cc(C)cc(N3c4ccccc4-n4c5ccc(C(C)(C)C)cc5c5cc(C(C)(C)C)cc3c54)c2Cl)c2csc3ccc(C)cc23)cc1. The Morgan fingerprint density at radius 3 is 1.96 bits per heavy atom. The van der Waals surface area contributed by atoms with Crippen molar-refractivity contribution >= 4 is 89.0 Å². The maximum atomic E-state index is 7.91. The van der Waals surface area contributed by atoms with Crippen LogP contribution in [0.25, 0.3) is 37.6 Å². The number of aryl methyl sites for hydroxylation is 3. The summed E-state index contributed by atoms with van der Waals surface area (Å²) in [5.41, 5.74) is 16.1. The van der Waals surface area contributed by atoms with E-state index in [1.165, 1.54) is 54.1 Å². The second kappa shape index (κ2) is 12.2. The number of fused-ring (bicyclic) bond motifs is 6. The monoisotopic (exact) mass is 743 g/mol. The number of hydrogen-bond donors (Lipinski definition) is 0. The average Bonchev–Trinajstić information content (AvgIpc) is 3.69. The Labute approximate surface area is 328 Å². The topological polar surface area (TPSA) is 11.4 Å². The molecule has 0 unspecified atom stereocenters. The van der Waals surface area contributed by atoms with E-state index < -0.39 is 0 Å². The number of benzene rings is 6. The highest BCUT2D eigenvalue weighted by atomic mass is 35.5. The van der Waals surface area contributed by atoms with Crippen LogP contribution in [0.2, 0.25) is 5.02 Å². The summed E-state index contributed by atoms with van der Waals surface area (Å²) in [6.45, 7) is 20.3. The van der Waals surface area contributed by atoms with Crippen LogP contribution in [0.15, 0.2) is 115 Å². The van der Waals surface area contributed by atoms with Crippen LogP contribution in [-0.2, 0) is 10.8 Å². The van der Waals surface area contributed by atoms with Gasteiger partial charge < -0.3 is 14.4 Å². The van der Waals surface area contributed by atoms with Gasteiger partial charge in [0.05, 0.1) is 50.2 Å². The summed E-state index contributed by atoms with van der Waals surface area (Å²) < 4.78 is 3.74. The summed E-state index contributed by atoms with van der Waals surface area (Å²) in [6, 6.07) is 40.7. The van der Waals surface area contributed by atoms with E-state index in [-0.39, 0.29) is 10.8 Å². The van der Waals surface area contributed by atoms with Crippen molar-refractivity contribution < 1.29 is 0 Å². The molecule has 1 aliphatic heterocycles. The molecule has 0 fully saturated rings. The van der Waals surface area contributed by atoms with Gasteiger partial charge in [0.2, 0.25) is 0 Å². The van der Waals surface area contributed by atoms with Crippen molar-refractivity contribution in [2.75, 3.05) is 9.80 Å². The lowest BCUT2D eigenvalue weighted by Gasteiger charge is -2.36. The maximum absolute atomic E-state index is 7.91. The van der Waals surface area contributed by atoms with Crippen molar-refractivity contribution in [2.24, 2.45) is 0 Å². The minimum atomic E-state index is -0.0781. The van der Waals surface area contributed by atoms with Crippen molar-refractivity contribution in [3.05, 3.63) is 147 Å². The van der Waals surface area contributed by atoms with Crippen molar-refractivity contribution in [2.45, 2.75) is 73.1 Å². The van der Waals surface area contributed by atoms with Crippen molar-refractivity contribution in [3.63, 3.8) is 0 Å². The van der Waals surface area contributed by atoms with Gasteiger partial charge in [-0.3, -0.25) is 0 Å². The van der Waals surface area contributed by atoms with Crippen molar-refractivity contribution in [1.29, 1.82) is 0 Å². The summed E-state index contributed by atoms with van der Waals surface area (Å²) in [5.74, 6) is 0. The summed E-state index contributed by atoms with van der Waals surface area (Å²) in [5, 5.41) is 6.75. The number of aromatic nitrogens is 1. The molecule has 1 aliphatic rings. The molecule has 5 heteroatoms. The van der Waals surface area contributed by atoms with Crippen LogP contribution in [0.4, 0.5) is 34.1 Å². The molecule has 0 radical (unpaired) electrons. The van der Waals surface area contributed by atoms with Crippen LogP contribution >= 0.6 is 22.9 Å². The van der Waals surface area contributed by atoms with Crippen LogP contribution < -0.4 is 9.80 Å². The van der Waals surface area contributed by atoms with Gasteiger partial charge in [-0.05, 0) is 121 Å². The molecule has 6 aromatic carbocycles. The Morgan fingerprint density at radius 1 is 0.556 bits per heavy atom. The molecule has 270 valence electrons. The molecule has 0 saturated carbocycles. The molecular weight excluding hydrogens is 698 g/mol. The summed E-state index contributed by atoms with van der Waals surface area (Å²) in [7, 11) is 0. The van der Waals surface area contributed by atoms with E-state index in [1.807, 2.05) is 0 Å². The van der Waals surface area contributed by atoms with E-state index in [9.17, 15) is 0 Å². The lowest BCUT2D eigenvalue weighted by molar-refractivity contribution is 0.590. The molecule has 3 heterocycles. The van der Waals surface area contributed by atoms with Crippen LogP contribution in [0.3, 0.4) is 0 Å². The zero-order valence-corrected chi connectivity index (χ0v) is 34.2. The molecule has 3 nitrogen and oxygen atoms in total. The van der Waals surface area contributed by atoms with Gasteiger partial charge in [0, 0.05) is 31.9 Å². The molecule has 0 bridgehead atoms. The van der Waals surface area contributed by atoms with Crippen molar-refractivity contribution in [1.82, 2.24) is 4.57 Å². The predicted octanol–water partition coefficient (Wildman–Crippen LogP) is 15.4. The molecule has 8 aromatic rings. The Balaban J connectivity index is 1.37. The fourth-order valence-electron chi connectivity index (χ4n) is 8.14. The minimum absolute atomic E-state index is 0.0263. The minimum Gasteiger partial charge on any atom is -0.307 e. The normalized spacial score (nSPS) is 13.0. The Morgan fingerprint density at radius 2 is 1.24 bits per heavy atom. The fourth-order valence-corrected chi connectivity index (χ4v) is 9.33. The molecule has 0 N–H and O–H groups in total. The summed E-state index contributed by atoms with van der Waals surface area (Å²) in [4.78, 5) is 4.79. The molecule has 0 amide bonds. The average molecular weight is 744 g/mol. The van der Waals surface area contributed by atoms with Crippen LogP contribution in [0, 0.1) is 20.8 Å². The van der Waals surface area contributed by atoms with Gasteiger partial charge in [-0.2, -0.15) is 0 Å². The van der Waals surface area contributed by atoms with Gasteiger partial charge in [-0.15, -0.1) is 11.3 Å². The first-order chi connectivity index (χ1) is 25.7. The van der Waals surface area contributed by atoms with E-state index in [1.54, 1.807) is 11.3 Å². The molecule has 54 heavy (non-hydrogen) atoms. The lowest BCUT2D eigenvalue weighted by atomic mass is 9.84. The molecule has 2 aromatic heterocycles. The highest BCUT2D eigenvalue weighted by molar-refractivity contribution is 7.17. The first-order valence-electron chi connectivity index (χ1n) is 18.9. The van der Waals surface area contributed by atoms with E-state index in [4.69, 9.17) is 11.6 Å². The number of anilines is 6. The predicted molar refractivity (Wildman–Crippen MR) is 236 cm³/mol. The first-order valence-corrected chi connectivity index (χ1v) is 20.1. The molecule has 9 rings (SSSR count). The second-order valence-corrected chi connectivity index (χ2v) is 18.5. The quantitative estimate of drug-likeness (QED) is 0.178. The maximum Gasteiger partial charge on any atom is 0.0887 e. The van der Waals surface area contributed by atoms with Gasteiger partial charge in [0.15, 0.2) is 0 Å².